The van der Waals surface area contributed by atoms with Crippen LogP contribution >= 0.6 is 23.5 Å². The van der Waals surface area contributed by atoms with E-state index in [0.717, 1.165) is 25.7 Å². The van der Waals surface area contributed by atoms with Crippen LogP contribution in [0, 0.1) is 17.3 Å². The van der Waals surface area contributed by atoms with Crippen molar-refractivity contribution in [2.24, 2.45) is 17.3 Å². The molecule has 3 fully saturated rings. The van der Waals surface area contributed by atoms with Crippen LogP contribution in [-0.2, 0) is 4.79 Å². The zero-order valence-electron chi connectivity index (χ0n) is 11.1. The van der Waals surface area contributed by atoms with Gasteiger partial charge in [-0.15, -0.1) is 30.1 Å². The Morgan fingerprint density at radius 3 is 2.78 bits per heavy atom. The number of thioether (sulfide) groups is 2. The first-order valence-corrected chi connectivity index (χ1v) is 9.02. The summed E-state index contributed by atoms with van der Waals surface area (Å²) in [5.74, 6) is 4.38. The van der Waals surface area contributed by atoms with Gasteiger partial charge in [0.15, 0.2) is 0 Å². The fourth-order valence-corrected chi connectivity index (χ4v) is 7.98. The normalized spacial score (nSPS) is 42.2. The number of carbonyl (C=O) groups is 1. The molecule has 2 saturated carbocycles. The van der Waals surface area contributed by atoms with Gasteiger partial charge in [0.1, 0.15) is 5.78 Å². The summed E-state index contributed by atoms with van der Waals surface area (Å²) in [6.07, 6.45) is 7.45. The summed E-state index contributed by atoms with van der Waals surface area (Å²) < 4.78 is 0.406. The molecular weight excluding hydrogens is 260 g/mol. The van der Waals surface area contributed by atoms with Gasteiger partial charge in [-0.25, -0.2) is 0 Å². The molecule has 0 unspecified atom stereocenters. The summed E-state index contributed by atoms with van der Waals surface area (Å²) in [6.45, 7) is 6.20. The lowest BCUT2D eigenvalue weighted by atomic mass is 9.63. The van der Waals surface area contributed by atoms with E-state index in [1.807, 2.05) is 0 Å². The smallest absolute Gasteiger partial charge is 0.139 e. The number of hydrogen-bond donors (Lipinski definition) is 0. The van der Waals surface area contributed by atoms with Gasteiger partial charge in [0.05, 0.1) is 4.08 Å². The summed E-state index contributed by atoms with van der Waals surface area (Å²) in [5.41, 5.74) is -0.0113. The topological polar surface area (TPSA) is 17.1 Å². The Bertz CT molecular complexity index is 373. The lowest BCUT2D eigenvalue weighted by Crippen LogP contribution is -2.47. The molecule has 0 bridgehead atoms. The molecule has 0 aromatic rings. The van der Waals surface area contributed by atoms with Crippen LogP contribution in [0.15, 0.2) is 12.7 Å². The molecule has 3 atom stereocenters. The van der Waals surface area contributed by atoms with E-state index >= 15 is 0 Å². The molecule has 1 heterocycles. The van der Waals surface area contributed by atoms with E-state index in [9.17, 15) is 4.79 Å². The van der Waals surface area contributed by atoms with Crippen LogP contribution in [0.3, 0.4) is 0 Å². The van der Waals surface area contributed by atoms with Gasteiger partial charge in [-0.1, -0.05) is 13.0 Å². The minimum atomic E-state index is -0.0113. The molecule has 0 N–H and O–H groups in total. The molecule has 1 aliphatic heterocycles. The number of ketones is 1. The highest BCUT2D eigenvalue weighted by Gasteiger charge is 2.59. The zero-order chi connectivity index (χ0) is 12.8. The van der Waals surface area contributed by atoms with Crippen molar-refractivity contribution in [2.75, 3.05) is 11.5 Å². The Labute approximate surface area is 119 Å². The van der Waals surface area contributed by atoms with Gasteiger partial charge in [0.2, 0.25) is 0 Å². The van der Waals surface area contributed by atoms with Crippen molar-refractivity contribution < 1.29 is 4.79 Å². The van der Waals surface area contributed by atoms with Crippen LogP contribution < -0.4 is 0 Å². The van der Waals surface area contributed by atoms with Crippen LogP contribution in [0.5, 0.6) is 0 Å². The summed E-state index contributed by atoms with van der Waals surface area (Å²) >= 11 is 4.33. The van der Waals surface area contributed by atoms with Crippen molar-refractivity contribution in [3.8, 4) is 0 Å². The van der Waals surface area contributed by atoms with E-state index in [0.29, 0.717) is 21.7 Å². The van der Waals surface area contributed by atoms with Crippen LogP contribution in [-0.4, -0.2) is 21.4 Å². The molecule has 3 heteroatoms. The molecule has 3 aliphatic rings. The van der Waals surface area contributed by atoms with E-state index in [2.05, 4.69) is 43.1 Å². The Morgan fingerprint density at radius 1 is 1.39 bits per heavy atom. The summed E-state index contributed by atoms with van der Waals surface area (Å²) in [6, 6.07) is 0. The lowest BCUT2D eigenvalue weighted by Gasteiger charge is -2.50. The predicted molar refractivity (Wildman–Crippen MR) is 81.0 cm³/mol. The van der Waals surface area contributed by atoms with Crippen molar-refractivity contribution in [1.29, 1.82) is 0 Å². The molecule has 100 valence electrons. The standard InChI is InChI=1S/C15H22OS2/c1-3-4-12-11-5-6-13(16)14(11,2)7-8-15(12)17-9-10-18-15/h3,11-12H,1,4-10H2,2H3/t11-,12-,14-/m0/s1. The predicted octanol–water partition coefficient (Wildman–Crippen LogP) is 4.13. The molecule has 0 amide bonds. The second-order valence-electron chi connectivity index (χ2n) is 6.13. The summed E-state index contributed by atoms with van der Waals surface area (Å²) in [4.78, 5) is 12.2. The second kappa shape index (κ2) is 4.59. The van der Waals surface area contributed by atoms with Gasteiger partial charge in [-0.3, -0.25) is 4.79 Å². The summed E-state index contributed by atoms with van der Waals surface area (Å²) in [5, 5.41) is 0. The number of Topliss-reactive ketones (excluding diaryl/α,β-unsaturated/α-hetero) is 1. The molecule has 1 nitrogen and oxygen atoms in total. The largest absolute Gasteiger partial charge is 0.299 e. The fraction of sp³-hybridized carbons (Fsp3) is 0.800. The third kappa shape index (κ3) is 1.73. The minimum Gasteiger partial charge on any atom is -0.299 e. The lowest BCUT2D eigenvalue weighted by molar-refractivity contribution is -0.128. The van der Waals surface area contributed by atoms with Gasteiger partial charge in [0.25, 0.3) is 0 Å². The molecule has 0 aromatic carbocycles. The van der Waals surface area contributed by atoms with Gasteiger partial charge in [0, 0.05) is 23.3 Å². The van der Waals surface area contributed by atoms with E-state index in [1.165, 1.54) is 17.9 Å². The van der Waals surface area contributed by atoms with Crippen LogP contribution in [0.4, 0.5) is 0 Å². The minimum absolute atomic E-state index is 0.0113. The van der Waals surface area contributed by atoms with Crippen molar-refractivity contribution in [3.63, 3.8) is 0 Å². The first kappa shape index (κ1) is 13.1. The molecule has 2 aliphatic carbocycles. The SMILES string of the molecule is C=CC[C@H]1[C@@H]2CCC(=O)[C@@]2(C)CCC12SCCS2. The monoisotopic (exact) mass is 282 g/mol. The fourth-order valence-electron chi connectivity index (χ4n) is 4.35. The van der Waals surface area contributed by atoms with Gasteiger partial charge < -0.3 is 0 Å². The number of hydrogen-bond acceptors (Lipinski definition) is 3. The van der Waals surface area contributed by atoms with Crippen molar-refractivity contribution >= 4 is 29.3 Å². The third-order valence-electron chi connectivity index (χ3n) is 5.38. The second-order valence-corrected chi connectivity index (χ2v) is 9.23. The number of carbonyl (C=O) groups excluding carboxylic acids is 1. The summed E-state index contributed by atoms with van der Waals surface area (Å²) in [7, 11) is 0. The van der Waals surface area contributed by atoms with Gasteiger partial charge in [-0.2, -0.15) is 0 Å². The highest BCUT2D eigenvalue weighted by molar-refractivity contribution is 8.21. The molecular formula is C15H22OS2. The van der Waals surface area contributed by atoms with E-state index in [-0.39, 0.29) is 5.41 Å². The average Bonchev–Trinajstić information content (AvgIpc) is 2.93. The molecule has 3 rings (SSSR count). The first-order valence-electron chi connectivity index (χ1n) is 7.04. The van der Waals surface area contributed by atoms with Crippen molar-refractivity contribution in [1.82, 2.24) is 0 Å². The molecule has 18 heavy (non-hydrogen) atoms. The number of allylic oxidation sites excluding steroid dienone is 1. The molecule has 1 saturated heterocycles. The highest BCUT2D eigenvalue weighted by atomic mass is 32.2. The Balaban J connectivity index is 1.94. The Kier molecular flexibility index (Phi) is 3.34. The van der Waals surface area contributed by atoms with Crippen molar-refractivity contribution in [2.45, 2.75) is 43.1 Å². The van der Waals surface area contributed by atoms with E-state index in [4.69, 9.17) is 0 Å². The Hall–Kier alpha value is 0.110. The maximum atomic E-state index is 12.2. The molecule has 0 aromatic heterocycles. The maximum absolute atomic E-state index is 12.2. The van der Waals surface area contributed by atoms with Gasteiger partial charge >= 0.3 is 0 Å². The van der Waals surface area contributed by atoms with Crippen LogP contribution in [0.2, 0.25) is 0 Å². The zero-order valence-corrected chi connectivity index (χ0v) is 12.7. The first-order chi connectivity index (χ1) is 8.62. The van der Waals surface area contributed by atoms with Crippen LogP contribution in [0.25, 0.3) is 0 Å². The Morgan fingerprint density at radius 2 is 2.11 bits per heavy atom. The van der Waals surface area contributed by atoms with Gasteiger partial charge in [-0.05, 0) is 37.5 Å². The third-order valence-corrected chi connectivity index (χ3v) is 9.15. The molecule has 0 radical (unpaired) electrons. The highest BCUT2D eigenvalue weighted by Crippen LogP contribution is 2.65. The quantitative estimate of drug-likeness (QED) is 0.709. The maximum Gasteiger partial charge on any atom is 0.139 e. The van der Waals surface area contributed by atoms with Crippen molar-refractivity contribution in [3.05, 3.63) is 12.7 Å². The number of fused-ring (bicyclic) bond motifs is 1. The van der Waals surface area contributed by atoms with E-state index < -0.39 is 0 Å². The number of rotatable bonds is 2. The molecule has 1 spiro atoms. The van der Waals surface area contributed by atoms with E-state index in [1.54, 1.807) is 0 Å². The van der Waals surface area contributed by atoms with Crippen LogP contribution in [0.1, 0.15) is 39.0 Å². The average molecular weight is 282 g/mol.